The smallest absolute Gasteiger partial charge is 0.380 e. The summed E-state index contributed by atoms with van der Waals surface area (Å²) in [6.07, 6.45) is 0.991. The third kappa shape index (κ3) is 5.49. The highest BCUT2D eigenvalue weighted by molar-refractivity contribution is 5.96. The summed E-state index contributed by atoms with van der Waals surface area (Å²) >= 11 is 0. The van der Waals surface area contributed by atoms with Crippen molar-refractivity contribution in [3.63, 3.8) is 0 Å². The van der Waals surface area contributed by atoms with Crippen LogP contribution >= 0.6 is 0 Å². The van der Waals surface area contributed by atoms with Crippen LogP contribution in [0.25, 0.3) is 22.3 Å². The minimum absolute atomic E-state index is 0.159. The Morgan fingerprint density at radius 2 is 2.00 bits per heavy atom. The lowest BCUT2D eigenvalue weighted by atomic mass is 9.84. The van der Waals surface area contributed by atoms with Crippen molar-refractivity contribution in [3.8, 4) is 11.4 Å². The number of methoxy groups -OCH3 is 1. The van der Waals surface area contributed by atoms with Crippen LogP contribution in [-0.4, -0.2) is 97.4 Å². The first-order valence-corrected chi connectivity index (χ1v) is 16.1. The number of nitrogens with zero attached hydrogens (tertiary/aromatic N) is 7. The highest BCUT2D eigenvalue weighted by Crippen LogP contribution is 2.55. The molecule has 4 fully saturated rings. The molecular weight excluding hydrogens is 605 g/mol. The number of carbonyl (C=O) groups is 1. The topological polar surface area (TPSA) is 123 Å². The molecular formula is C31H41F3N8O4. The van der Waals surface area contributed by atoms with E-state index in [1.807, 2.05) is 10.7 Å². The molecule has 2 amide bonds. The third-order valence-corrected chi connectivity index (χ3v) is 9.85. The van der Waals surface area contributed by atoms with Crippen LogP contribution in [-0.2, 0) is 16.0 Å². The van der Waals surface area contributed by atoms with Crippen LogP contribution in [0.2, 0.25) is 0 Å². The van der Waals surface area contributed by atoms with E-state index in [1.165, 1.54) is 4.90 Å². The largest absolute Gasteiger partial charge is 0.417 e. The molecule has 250 valence electrons. The van der Waals surface area contributed by atoms with Gasteiger partial charge in [-0.2, -0.15) is 23.4 Å². The number of fused-ring (bicyclic) bond motifs is 1. The van der Waals surface area contributed by atoms with E-state index in [-0.39, 0.29) is 18.9 Å². The number of pyridine rings is 1. The number of ether oxygens (including phenoxy) is 2. The van der Waals surface area contributed by atoms with Gasteiger partial charge in [0.05, 0.1) is 34.6 Å². The van der Waals surface area contributed by atoms with E-state index in [1.54, 1.807) is 24.2 Å². The number of hydrogen-bond acceptors (Lipinski definition) is 8. The molecule has 2 N–H and O–H groups in total. The Bertz CT molecular complexity index is 1610. The van der Waals surface area contributed by atoms with Gasteiger partial charge in [-0.1, -0.05) is 13.8 Å². The molecule has 0 radical (unpaired) electrons. The number of aliphatic hydroxyl groups is 1. The molecule has 1 aliphatic carbocycles. The van der Waals surface area contributed by atoms with E-state index < -0.39 is 36.2 Å². The van der Waals surface area contributed by atoms with E-state index in [0.29, 0.717) is 49.0 Å². The number of carbonyl (C=O) groups excluding carboxylic acids is 1. The molecule has 0 bridgehead atoms. The van der Waals surface area contributed by atoms with Gasteiger partial charge in [-0.05, 0) is 44.1 Å². The molecule has 12 nitrogen and oxygen atoms in total. The normalized spacial score (nSPS) is 25.0. The molecule has 2 atom stereocenters. The first-order valence-electron chi connectivity index (χ1n) is 16.1. The second-order valence-corrected chi connectivity index (χ2v) is 13.7. The summed E-state index contributed by atoms with van der Waals surface area (Å²) in [5.74, 6) is 1.18. The molecule has 3 saturated heterocycles. The molecule has 2 unspecified atom stereocenters. The molecule has 0 aromatic carbocycles. The SMILES string of the molecule is COC1CN(c2nn(CC(C)C)c3cc(-c4nn(C5CCCCO5)cc4NC(=O)N4CCC(O)(C(F)(F)F)CC45CC5)ncc23)C1. The van der Waals surface area contributed by atoms with Crippen molar-refractivity contribution < 1.29 is 32.5 Å². The first-order chi connectivity index (χ1) is 21.9. The Balaban J connectivity index is 1.22. The summed E-state index contributed by atoms with van der Waals surface area (Å²) in [5.41, 5.74) is -1.59. The lowest BCUT2D eigenvalue weighted by Crippen LogP contribution is -2.60. The number of rotatable bonds is 7. The minimum Gasteiger partial charge on any atom is -0.380 e. The van der Waals surface area contributed by atoms with Crippen molar-refractivity contribution >= 4 is 28.4 Å². The van der Waals surface area contributed by atoms with Gasteiger partial charge < -0.3 is 29.7 Å². The Morgan fingerprint density at radius 3 is 2.65 bits per heavy atom. The fourth-order valence-electron chi connectivity index (χ4n) is 7.01. The number of urea groups is 1. The molecule has 3 aromatic rings. The monoisotopic (exact) mass is 646 g/mol. The van der Waals surface area contributed by atoms with Gasteiger partial charge in [0.2, 0.25) is 0 Å². The van der Waals surface area contributed by atoms with Gasteiger partial charge in [0.15, 0.2) is 11.4 Å². The number of anilines is 2. The maximum atomic E-state index is 13.7. The van der Waals surface area contributed by atoms with Crippen molar-refractivity contribution in [2.24, 2.45) is 5.92 Å². The highest BCUT2D eigenvalue weighted by atomic mass is 19.4. The average molecular weight is 647 g/mol. The Kier molecular flexibility index (Phi) is 7.71. The van der Waals surface area contributed by atoms with Gasteiger partial charge in [0.25, 0.3) is 0 Å². The van der Waals surface area contributed by atoms with Crippen LogP contribution in [0.15, 0.2) is 18.5 Å². The van der Waals surface area contributed by atoms with Crippen LogP contribution in [0.3, 0.4) is 0 Å². The van der Waals surface area contributed by atoms with E-state index >= 15 is 0 Å². The molecule has 15 heteroatoms. The number of piperidine rings is 1. The summed E-state index contributed by atoms with van der Waals surface area (Å²) in [6, 6.07) is 1.41. The minimum atomic E-state index is -4.76. The Labute approximate surface area is 264 Å². The van der Waals surface area contributed by atoms with E-state index in [4.69, 9.17) is 24.7 Å². The molecule has 1 saturated carbocycles. The van der Waals surface area contributed by atoms with Crippen LogP contribution in [0, 0.1) is 5.92 Å². The van der Waals surface area contributed by atoms with Crippen LogP contribution in [0.5, 0.6) is 0 Å². The number of alkyl halides is 3. The standard InChI is InChI=1S/C31H41F3N8O4/c1-19(2)14-41-24-12-22(35-13-21(24)27(38-41)39-15-20(16-39)45-3)26-23(17-42(37-26)25-6-4-5-11-46-25)36-28(43)40-10-9-30(44,31(32,33)34)18-29(40)7-8-29/h12-13,17,19-20,25,44H,4-11,14-16,18H2,1-3H3,(H,36,43). The van der Waals surface area contributed by atoms with Gasteiger partial charge in [0, 0.05) is 64.5 Å². The van der Waals surface area contributed by atoms with Crippen molar-refractivity contribution in [2.45, 2.75) is 95.0 Å². The zero-order chi connectivity index (χ0) is 32.4. The average Bonchev–Trinajstić information content (AvgIpc) is 3.46. The molecule has 1 spiro atoms. The number of likely N-dealkylation sites (tertiary alicyclic amines) is 1. The number of amides is 2. The van der Waals surface area contributed by atoms with Gasteiger partial charge in [-0.3, -0.25) is 9.67 Å². The Morgan fingerprint density at radius 1 is 1.22 bits per heavy atom. The zero-order valence-electron chi connectivity index (χ0n) is 26.4. The molecule has 46 heavy (non-hydrogen) atoms. The van der Waals surface area contributed by atoms with Gasteiger partial charge in [0.1, 0.15) is 11.9 Å². The highest BCUT2D eigenvalue weighted by Gasteiger charge is 2.65. The molecule has 6 heterocycles. The summed E-state index contributed by atoms with van der Waals surface area (Å²) in [6.45, 7) is 6.82. The fraction of sp³-hybridized carbons (Fsp3) is 0.677. The number of nitrogens with one attached hydrogen (secondary N) is 1. The molecule has 3 aromatic heterocycles. The first kappa shape index (κ1) is 31.2. The number of hydrogen-bond donors (Lipinski definition) is 2. The van der Waals surface area contributed by atoms with Gasteiger partial charge in [-0.15, -0.1) is 0 Å². The Hall–Kier alpha value is -3.43. The predicted octanol–water partition coefficient (Wildman–Crippen LogP) is 4.94. The van der Waals surface area contributed by atoms with Crippen LogP contribution < -0.4 is 10.2 Å². The lowest BCUT2D eigenvalue weighted by molar-refractivity contribution is -0.277. The molecule has 3 aliphatic heterocycles. The number of aromatic nitrogens is 5. The third-order valence-electron chi connectivity index (χ3n) is 9.85. The van der Waals surface area contributed by atoms with Gasteiger partial charge >= 0.3 is 12.2 Å². The van der Waals surface area contributed by atoms with Crippen molar-refractivity contribution in [1.29, 1.82) is 0 Å². The second-order valence-electron chi connectivity index (χ2n) is 13.7. The lowest BCUT2D eigenvalue weighted by Gasteiger charge is -2.45. The van der Waals surface area contributed by atoms with Crippen LogP contribution in [0.4, 0.5) is 29.5 Å². The van der Waals surface area contributed by atoms with Crippen molar-refractivity contribution in [3.05, 3.63) is 18.5 Å². The van der Waals surface area contributed by atoms with Crippen molar-refractivity contribution in [2.75, 3.05) is 43.6 Å². The maximum Gasteiger partial charge on any atom is 0.417 e. The fourth-order valence-corrected chi connectivity index (χ4v) is 7.01. The predicted molar refractivity (Wildman–Crippen MR) is 163 cm³/mol. The van der Waals surface area contributed by atoms with E-state index in [0.717, 1.165) is 49.1 Å². The summed E-state index contributed by atoms with van der Waals surface area (Å²) in [5, 5.41) is 24.1. The maximum absolute atomic E-state index is 13.7. The van der Waals surface area contributed by atoms with E-state index in [9.17, 15) is 23.1 Å². The molecule has 7 rings (SSSR count). The second kappa shape index (κ2) is 11.4. The van der Waals surface area contributed by atoms with Gasteiger partial charge in [-0.25, -0.2) is 9.48 Å². The summed E-state index contributed by atoms with van der Waals surface area (Å²) in [4.78, 5) is 22.1. The summed E-state index contributed by atoms with van der Waals surface area (Å²) in [7, 11) is 1.71. The van der Waals surface area contributed by atoms with Crippen LogP contribution in [0.1, 0.15) is 65.0 Å². The zero-order valence-corrected chi connectivity index (χ0v) is 26.4. The van der Waals surface area contributed by atoms with E-state index in [2.05, 4.69) is 24.1 Å². The quantitative estimate of drug-likeness (QED) is 0.370. The number of halogens is 3. The summed E-state index contributed by atoms with van der Waals surface area (Å²) < 4.78 is 56.2. The van der Waals surface area contributed by atoms with Crippen molar-refractivity contribution in [1.82, 2.24) is 29.4 Å². The molecule has 4 aliphatic rings.